The van der Waals surface area contributed by atoms with Crippen LogP contribution in [0.2, 0.25) is 0 Å². The monoisotopic (exact) mass is 326 g/mol. The Morgan fingerprint density at radius 3 is 2.89 bits per heavy atom. The Morgan fingerprint density at radius 1 is 1.47 bits per heavy atom. The molecule has 4 nitrogen and oxygen atoms in total. The molecule has 0 aliphatic heterocycles. The van der Waals surface area contributed by atoms with Gasteiger partial charge in [0.2, 0.25) is 0 Å². The van der Waals surface area contributed by atoms with Crippen molar-refractivity contribution in [3.63, 3.8) is 0 Å². The van der Waals surface area contributed by atoms with Gasteiger partial charge in [0.1, 0.15) is 5.82 Å². The third-order valence-electron chi connectivity index (χ3n) is 2.94. The van der Waals surface area contributed by atoms with Crippen molar-refractivity contribution < 1.29 is 4.39 Å². The van der Waals surface area contributed by atoms with Gasteiger partial charge in [0.05, 0.1) is 11.7 Å². The lowest BCUT2D eigenvalue weighted by Crippen LogP contribution is -2.31. The smallest absolute Gasteiger partial charge is 0.129 e. The summed E-state index contributed by atoms with van der Waals surface area (Å²) in [6, 6.07) is 6.28. The van der Waals surface area contributed by atoms with Gasteiger partial charge in [-0.15, -0.1) is 0 Å². The lowest BCUT2D eigenvalue weighted by atomic mass is 10.0. The van der Waals surface area contributed by atoms with Gasteiger partial charge < -0.3 is 0 Å². The Kier molecular flexibility index (Phi) is 4.68. The second kappa shape index (κ2) is 6.27. The van der Waals surface area contributed by atoms with Crippen LogP contribution in [0, 0.1) is 5.82 Å². The first kappa shape index (κ1) is 14.2. The lowest BCUT2D eigenvalue weighted by Gasteiger charge is -2.20. The van der Waals surface area contributed by atoms with E-state index in [1.807, 2.05) is 10.7 Å². The van der Waals surface area contributed by atoms with Crippen LogP contribution in [0.25, 0.3) is 0 Å². The van der Waals surface area contributed by atoms with Gasteiger partial charge in [0, 0.05) is 22.8 Å². The molecule has 1 aromatic heterocycles. The van der Waals surface area contributed by atoms with Crippen LogP contribution in [-0.2, 0) is 6.54 Å². The fourth-order valence-corrected chi connectivity index (χ4v) is 2.66. The first-order valence-electron chi connectivity index (χ1n) is 6.10. The standard InChI is InChI=1S/C13H16BrFN4/c1-2-8-19-11(6-7-17-19)13(18-16)12-9(14)4-3-5-10(12)15/h3-7,13,18H,2,8,16H2,1H3. The molecule has 0 saturated carbocycles. The van der Waals surface area contributed by atoms with Crippen molar-refractivity contribution in [2.24, 2.45) is 5.84 Å². The van der Waals surface area contributed by atoms with Crippen molar-refractivity contribution >= 4 is 15.9 Å². The van der Waals surface area contributed by atoms with E-state index in [1.165, 1.54) is 6.07 Å². The quantitative estimate of drug-likeness (QED) is 0.656. The largest absolute Gasteiger partial charge is 0.271 e. The molecule has 0 saturated heterocycles. The predicted octanol–water partition coefficient (Wildman–Crippen LogP) is 2.75. The predicted molar refractivity (Wildman–Crippen MR) is 75.8 cm³/mol. The highest BCUT2D eigenvalue weighted by atomic mass is 79.9. The minimum atomic E-state index is -0.440. The summed E-state index contributed by atoms with van der Waals surface area (Å²) < 4.78 is 16.6. The van der Waals surface area contributed by atoms with Gasteiger partial charge in [-0.1, -0.05) is 28.9 Å². The normalized spacial score (nSPS) is 12.6. The second-order valence-electron chi connectivity index (χ2n) is 4.21. The zero-order valence-electron chi connectivity index (χ0n) is 10.6. The van der Waals surface area contributed by atoms with E-state index in [1.54, 1.807) is 18.3 Å². The zero-order chi connectivity index (χ0) is 13.8. The highest BCUT2D eigenvalue weighted by molar-refractivity contribution is 9.10. The van der Waals surface area contributed by atoms with Gasteiger partial charge in [-0.05, 0) is 24.6 Å². The highest BCUT2D eigenvalue weighted by Gasteiger charge is 2.22. The van der Waals surface area contributed by atoms with Gasteiger partial charge in [-0.2, -0.15) is 5.10 Å². The topological polar surface area (TPSA) is 55.9 Å². The summed E-state index contributed by atoms with van der Waals surface area (Å²) in [7, 11) is 0. The SMILES string of the molecule is CCCn1nccc1C(NN)c1c(F)cccc1Br. The van der Waals surface area contributed by atoms with Crippen LogP contribution in [0.1, 0.15) is 30.6 Å². The van der Waals surface area contributed by atoms with Gasteiger partial charge in [0.15, 0.2) is 0 Å². The summed E-state index contributed by atoms with van der Waals surface area (Å²) in [5, 5.41) is 4.24. The molecule has 1 aromatic carbocycles. The van der Waals surface area contributed by atoms with E-state index in [0.29, 0.717) is 10.0 Å². The molecule has 0 spiro atoms. The van der Waals surface area contributed by atoms with Gasteiger partial charge in [-0.3, -0.25) is 10.5 Å². The fraction of sp³-hybridized carbons (Fsp3) is 0.308. The molecule has 0 aliphatic rings. The van der Waals surface area contributed by atoms with Crippen molar-refractivity contribution in [2.45, 2.75) is 25.9 Å². The summed E-state index contributed by atoms with van der Waals surface area (Å²) in [5.74, 6) is 5.32. The summed E-state index contributed by atoms with van der Waals surface area (Å²) in [5.41, 5.74) is 4.00. The number of halogens is 2. The maximum absolute atomic E-state index is 14.0. The fourth-order valence-electron chi connectivity index (χ4n) is 2.09. The number of nitrogens with one attached hydrogen (secondary N) is 1. The van der Waals surface area contributed by atoms with Crippen LogP contribution < -0.4 is 11.3 Å². The maximum Gasteiger partial charge on any atom is 0.129 e. The third kappa shape index (κ3) is 2.86. The average molecular weight is 327 g/mol. The molecule has 1 unspecified atom stereocenters. The van der Waals surface area contributed by atoms with Gasteiger partial charge >= 0.3 is 0 Å². The Balaban J connectivity index is 2.47. The second-order valence-corrected chi connectivity index (χ2v) is 5.07. The average Bonchev–Trinajstić information content (AvgIpc) is 2.83. The van der Waals surface area contributed by atoms with Crippen molar-refractivity contribution in [2.75, 3.05) is 0 Å². The number of nitrogens with two attached hydrogens (primary N) is 1. The first-order chi connectivity index (χ1) is 9.19. The molecule has 1 heterocycles. The van der Waals surface area contributed by atoms with Crippen molar-refractivity contribution in [3.05, 3.63) is 52.0 Å². The molecule has 1 atom stereocenters. The highest BCUT2D eigenvalue weighted by Crippen LogP contribution is 2.30. The molecule has 2 rings (SSSR count). The Morgan fingerprint density at radius 2 is 2.26 bits per heavy atom. The minimum absolute atomic E-state index is 0.304. The van der Waals surface area contributed by atoms with Crippen LogP contribution in [0.3, 0.4) is 0 Å². The Labute approximate surface area is 119 Å². The molecule has 6 heteroatoms. The number of benzene rings is 1. The van der Waals surface area contributed by atoms with Crippen LogP contribution in [-0.4, -0.2) is 9.78 Å². The van der Waals surface area contributed by atoms with Crippen LogP contribution >= 0.6 is 15.9 Å². The van der Waals surface area contributed by atoms with Crippen LogP contribution in [0.4, 0.5) is 4.39 Å². The van der Waals surface area contributed by atoms with E-state index in [2.05, 4.69) is 33.4 Å². The summed E-state index contributed by atoms with van der Waals surface area (Å²) in [4.78, 5) is 0. The van der Waals surface area contributed by atoms with E-state index in [4.69, 9.17) is 5.84 Å². The van der Waals surface area contributed by atoms with E-state index in [0.717, 1.165) is 18.7 Å². The zero-order valence-corrected chi connectivity index (χ0v) is 12.2. The molecular weight excluding hydrogens is 311 g/mol. The number of rotatable bonds is 5. The van der Waals surface area contributed by atoms with E-state index >= 15 is 0 Å². The number of hydrazine groups is 1. The van der Waals surface area contributed by atoms with Crippen molar-refractivity contribution in [1.29, 1.82) is 0 Å². The molecule has 19 heavy (non-hydrogen) atoms. The molecule has 0 bridgehead atoms. The molecule has 102 valence electrons. The number of hydrogen-bond acceptors (Lipinski definition) is 3. The number of nitrogens with zero attached hydrogens (tertiary/aromatic N) is 2. The number of hydrogen-bond donors (Lipinski definition) is 2. The van der Waals surface area contributed by atoms with Gasteiger partial charge in [-0.25, -0.2) is 9.82 Å². The molecular formula is C13H16BrFN4. The van der Waals surface area contributed by atoms with Crippen molar-refractivity contribution in [1.82, 2.24) is 15.2 Å². The van der Waals surface area contributed by atoms with Crippen molar-refractivity contribution in [3.8, 4) is 0 Å². The van der Waals surface area contributed by atoms with Crippen LogP contribution in [0.5, 0.6) is 0 Å². The minimum Gasteiger partial charge on any atom is -0.271 e. The third-order valence-corrected chi connectivity index (χ3v) is 3.63. The summed E-state index contributed by atoms with van der Waals surface area (Å²) >= 11 is 3.37. The van der Waals surface area contributed by atoms with E-state index in [-0.39, 0.29) is 5.82 Å². The Bertz CT molecular complexity index is 535. The molecule has 2 aromatic rings. The summed E-state index contributed by atoms with van der Waals surface area (Å²) in [6.07, 6.45) is 2.65. The Hall–Kier alpha value is -1.24. The maximum atomic E-state index is 14.0. The van der Waals surface area contributed by atoms with Gasteiger partial charge in [0.25, 0.3) is 0 Å². The number of aromatic nitrogens is 2. The molecule has 3 N–H and O–H groups in total. The molecule has 0 amide bonds. The lowest BCUT2D eigenvalue weighted by molar-refractivity contribution is 0.501. The molecule has 0 aliphatic carbocycles. The van der Waals surface area contributed by atoms with Crippen LogP contribution in [0.15, 0.2) is 34.9 Å². The molecule has 0 radical (unpaired) electrons. The summed E-state index contributed by atoms with van der Waals surface area (Å²) in [6.45, 7) is 2.84. The first-order valence-corrected chi connectivity index (χ1v) is 6.90. The molecule has 0 fully saturated rings. The van der Waals surface area contributed by atoms with E-state index in [9.17, 15) is 4.39 Å². The van der Waals surface area contributed by atoms with E-state index < -0.39 is 6.04 Å². The number of aryl methyl sites for hydroxylation is 1.